The van der Waals surface area contributed by atoms with Gasteiger partial charge in [-0.25, -0.2) is 0 Å². The highest BCUT2D eigenvalue weighted by Crippen LogP contribution is 2.21. The van der Waals surface area contributed by atoms with Gasteiger partial charge in [0.1, 0.15) is 5.72 Å². The standard InChI is InChI=1S/C12H17ClN2O/c1-12(2)15-9(8-16-12)7-14-11-6-4-3-5-10(11)13/h3-6,9,14-15H,7-8H2,1-2H3. The van der Waals surface area contributed by atoms with Gasteiger partial charge in [-0.15, -0.1) is 0 Å². The maximum absolute atomic E-state index is 6.05. The highest BCUT2D eigenvalue weighted by Gasteiger charge is 2.30. The number of nitrogens with one attached hydrogen (secondary N) is 2. The van der Waals surface area contributed by atoms with Gasteiger partial charge in [0.2, 0.25) is 0 Å². The van der Waals surface area contributed by atoms with Gasteiger partial charge in [0.15, 0.2) is 0 Å². The summed E-state index contributed by atoms with van der Waals surface area (Å²) in [6.07, 6.45) is 0. The first-order valence-electron chi connectivity index (χ1n) is 5.47. The smallest absolute Gasteiger partial charge is 0.113 e. The molecule has 1 aromatic carbocycles. The molecule has 1 aliphatic rings. The van der Waals surface area contributed by atoms with Crippen LogP contribution in [0.4, 0.5) is 5.69 Å². The Morgan fingerprint density at radius 1 is 1.50 bits per heavy atom. The van der Waals surface area contributed by atoms with Crippen LogP contribution in [0.15, 0.2) is 24.3 Å². The van der Waals surface area contributed by atoms with E-state index in [-0.39, 0.29) is 5.72 Å². The van der Waals surface area contributed by atoms with Crippen LogP contribution in [0.1, 0.15) is 13.8 Å². The van der Waals surface area contributed by atoms with Crippen LogP contribution < -0.4 is 10.6 Å². The van der Waals surface area contributed by atoms with Crippen LogP contribution in [0.3, 0.4) is 0 Å². The molecule has 0 radical (unpaired) electrons. The molecule has 3 nitrogen and oxygen atoms in total. The van der Waals surface area contributed by atoms with Crippen molar-refractivity contribution in [2.75, 3.05) is 18.5 Å². The molecule has 1 aliphatic heterocycles. The molecule has 4 heteroatoms. The average Bonchev–Trinajstić information content (AvgIpc) is 2.57. The summed E-state index contributed by atoms with van der Waals surface area (Å²) in [5, 5.41) is 7.46. The molecule has 1 heterocycles. The van der Waals surface area contributed by atoms with Crippen molar-refractivity contribution in [3.05, 3.63) is 29.3 Å². The van der Waals surface area contributed by atoms with Crippen LogP contribution in [0, 0.1) is 0 Å². The van der Waals surface area contributed by atoms with Gasteiger partial charge in [-0.1, -0.05) is 23.7 Å². The Morgan fingerprint density at radius 2 is 2.25 bits per heavy atom. The Hall–Kier alpha value is -0.770. The summed E-state index contributed by atoms with van der Waals surface area (Å²) in [5.41, 5.74) is 0.753. The third-order valence-corrected chi connectivity index (χ3v) is 2.94. The first-order valence-corrected chi connectivity index (χ1v) is 5.85. The maximum Gasteiger partial charge on any atom is 0.113 e. The lowest BCUT2D eigenvalue weighted by Crippen LogP contribution is -2.41. The molecule has 0 amide bonds. The number of para-hydroxylation sites is 1. The van der Waals surface area contributed by atoms with E-state index < -0.39 is 0 Å². The van der Waals surface area contributed by atoms with Gasteiger partial charge in [-0.05, 0) is 26.0 Å². The van der Waals surface area contributed by atoms with Crippen molar-refractivity contribution in [3.8, 4) is 0 Å². The minimum Gasteiger partial charge on any atom is -0.382 e. The van der Waals surface area contributed by atoms with Gasteiger partial charge in [-0.2, -0.15) is 0 Å². The SMILES string of the molecule is CC1(C)NC(CNc2ccccc2Cl)CO1. The largest absolute Gasteiger partial charge is 0.382 e. The summed E-state index contributed by atoms with van der Waals surface area (Å²) >= 11 is 6.05. The Morgan fingerprint density at radius 3 is 2.88 bits per heavy atom. The van der Waals surface area contributed by atoms with E-state index >= 15 is 0 Å². The third kappa shape index (κ3) is 2.88. The number of hydrogen-bond acceptors (Lipinski definition) is 3. The van der Waals surface area contributed by atoms with Crippen LogP contribution in [0.5, 0.6) is 0 Å². The predicted octanol–water partition coefficient (Wildman–Crippen LogP) is 2.48. The molecular formula is C12H17ClN2O. The molecule has 1 unspecified atom stereocenters. The van der Waals surface area contributed by atoms with Gasteiger partial charge in [-0.3, -0.25) is 5.32 Å². The van der Waals surface area contributed by atoms with Crippen LogP contribution in [-0.4, -0.2) is 24.9 Å². The highest BCUT2D eigenvalue weighted by atomic mass is 35.5. The molecule has 1 fully saturated rings. The quantitative estimate of drug-likeness (QED) is 0.852. The number of halogens is 1. The average molecular weight is 241 g/mol. The molecule has 1 saturated heterocycles. The van der Waals surface area contributed by atoms with Crippen molar-refractivity contribution < 1.29 is 4.74 Å². The molecule has 0 spiro atoms. The van der Waals surface area contributed by atoms with E-state index in [1.54, 1.807) is 0 Å². The first kappa shape index (κ1) is 11.7. The Kier molecular flexibility index (Phi) is 3.38. The minimum absolute atomic E-state index is 0.215. The highest BCUT2D eigenvalue weighted by molar-refractivity contribution is 6.33. The van der Waals surface area contributed by atoms with Crippen molar-refractivity contribution in [1.82, 2.24) is 5.32 Å². The summed E-state index contributed by atoms with van der Waals surface area (Å²) in [4.78, 5) is 0. The van der Waals surface area contributed by atoms with E-state index in [1.165, 1.54) is 0 Å². The number of benzene rings is 1. The summed E-state index contributed by atoms with van der Waals surface area (Å²) in [6.45, 7) is 5.60. The topological polar surface area (TPSA) is 33.3 Å². The lowest BCUT2D eigenvalue weighted by atomic mass is 10.2. The fourth-order valence-electron chi connectivity index (χ4n) is 1.83. The second-order valence-corrected chi connectivity index (χ2v) is 4.93. The van der Waals surface area contributed by atoms with Crippen molar-refractivity contribution in [3.63, 3.8) is 0 Å². The van der Waals surface area contributed by atoms with E-state index in [2.05, 4.69) is 10.6 Å². The molecule has 1 atom stereocenters. The third-order valence-electron chi connectivity index (χ3n) is 2.61. The van der Waals surface area contributed by atoms with Crippen molar-refractivity contribution >= 4 is 17.3 Å². The van der Waals surface area contributed by atoms with Crippen LogP contribution in [0.2, 0.25) is 5.02 Å². The van der Waals surface area contributed by atoms with E-state index in [4.69, 9.17) is 16.3 Å². The molecular weight excluding hydrogens is 224 g/mol. The van der Waals surface area contributed by atoms with Gasteiger partial charge >= 0.3 is 0 Å². The Labute approximate surface area is 101 Å². The summed E-state index contributed by atoms with van der Waals surface area (Å²) in [6, 6.07) is 8.08. The van der Waals surface area contributed by atoms with Gasteiger partial charge in [0, 0.05) is 6.54 Å². The molecule has 0 aromatic heterocycles. The summed E-state index contributed by atoms with van der Waals surface area (Å²) in [5.74, 6) is 0. The zero-order chi connectivity index (χ0) is 11.6. The molecule has 2 N–H and O–H groups in total. The van der Waals surface area contributed by atoms with E-state index in [9.17, 15) is 0 Å². The number of hydrogen-bond donors (Lipinski definition) is 2. The van der Waals surface area contributed by atoms with Crippen molar-refractivity contribution in [1.29, 1.82) is 0 Å². The predicted molar refractivity (Wildman–Crippen MR) is 66.9 cm³/mol. The summed E-state index contributed by atoms with van der Waals surface area (Å²) in [7, 11) is 0. The first-order chi connectivity index (χ1) is 7.57. The van der Waals surface area contributed by atoms with Crippen LogP contribution in [0.25, 0.3) is 0 Å². The van der Waals surface area contributed by atoms with E-state index in [1.807, 2.05) is 38.1 Å². The molecule has 0 bridgehead atoms. The zero-order valence-electron chi connectivity index (χ0n) is 9.59. The second-order valence-electron chi connectivity index (χ2n) is 4.52. The van der Waals surface area contributed by atoms with Crippen LogP contribution in [-0.2, 0) is 4.74 Å². The second kappa shape index (κ2) is 4.62. The Balaban J connectivity index is 1.87. The van der Waals surface area contributed by atoms with Crippen molar-refractivity contribution in [2.24, 2.45) is 0 Å². The fraction of sp³-hybridized carbons (Fsp3) is 0.500. The zero-order valence-corrected chi connectivity index (χ0v) is 10.3. The number of ether oxygens (including phenoxy) is 1. The molecule has 0 aliphatic carbocycles. The van der Waals surface area contributed by atoms with Gasteiger partial charge < -0.3 is 10.1 Å². The molecule has 0 saturated carbocycles. The lowest BCUT2D eigenvalue weighted by Gasteiger charge is -2.18. The fourth-order valence-corrected chi connectivity index (χ4v) is 2.03. The monoisotopic (exact) mass is 240 g/mol. The maximum atomic E-state index is 6.05. The number of anilines is 1. The number of rotatable bonds is 3. The molecule has 88 valence electrons. The normalized spacial score (nSPS) is 23.3. The van der Waals surface area contributed by atoms with Gasteiger partial charge in [0.05, 0.1) is 23.4 Å². The molecule has 16 heavy (non-hydrogen) atoms. The van der Waals surface area contributed by atoms with E-state index in [0.717, 1.165) is 23.9 Å². The Bertz CT molecular complexity index is 368. The summed E-state index contributed by atoms with van der Waals surface area (Å²) < 4.78 is 5.59. The lowest BCUT2D eigenvalue weighted by molar-refractivity contribution is 0.0231. The molecule has 1 aromatic rings. The molecule has 2 rings (SSSR count). The van der Waals surface area contributed by atoms with Crippen LogP contribution >= 0.6 is 11.6 Å². The van der Waals surface area contributed by atoms with Gasteiger partial charge in [0.25, 0.3) is 0 Å². The minimum atomic E-state index is -0.215. The van der Waals surface area contributed by atoms with E-state index in [0.29, 0.717) is 6.04 Å². The van der Waals surface area contributed by atoms with Crippen molar-refractivity contribution in [2.45, 2.75) is 25.6 Å².